The molecule has 0 aromatic heterocycles. The van der Waals surface area contributed by atoms with Gasteiger partial charge in [0.1, 0.15) is 6.61 Å². The van der Waals surface area contributed by atoms with Crippen molar-refractivity contribution in [2.24, 2.45) is 0 Å². The summed E-state index contributed by atoms with van der Waals surface area (Å²) in [7, 11) is 2.90. The van der Waals surface area contributed by atoms with Crippen LogP contribution in [-0.2, 0) is 16.1 Å². The molecule has 7 heteroatoms. The fourth-order valence-electron chi connectivity index (χ4n) is 4.80. The standard InChI is InChI=1S/C29H24BrNO5/c1-16-24(29(33)35-3)25(26-27(31-16)18-11-7-8-12-19(18)28(26)32)20-13-22(34-2)23(14-21(20)30)36-15-17-9-5-4-6-10-17/h4-14,25,31H,15H2,1-3H3/t25-/m0/s1. The summed E-state index contributed by atoms with van der Waals surface area (Å²) in [6.45, 7) is 2.18. The van der Waals surface area contributed by atoms with E-state index in [-0.39, 0.29) is 5.78 Å². The maximum Gasteiger partial charge on any atom is 0.336 e. The minimum Gasteiger partial charge on any atom is -0.493 e. The minimum absolute atomic E-state index is 0.123. The molecule has 182 valence electrons. The molecule has 36 heavy (non-hydrogen) atoms. The lowest BCUT2D eigenvalue weighted by Gasteiger charge is -2.30. The highest BCUT2D eigenvalue weighted by Crippen LogP contribution is 2.50. The van der Waals surface area contributed by atoms with Crippen molar-refractivity contribution in [2.45, 2.75) is 19.4 Å². The molecule has 1 aliphatic carbocycles. The van der Waals surface area contributed by atoms with E-state index < -0.39 is 11.9 Å². The van der Waals surface area contributed by atoms with Gasteiger partial charge in [0, 0.05) is 26.9 Å². The SMILES string of the molecule is COC(=O)C1=C(C)NC2=C(C(=O)c3ccccc32)[C@H]1c1cc(OC)c(OCc2ccccc2)cc1Br. The minimum atomic E-state index is -0.667. The largest absolute Gasteiger partial charge is 0.493 e. The average Bonchev–Trinajstić information content (AvgIpc) is 3.18. The molecule has 0 saturated carbocycles. The zero-order valence-electron chi connectivity index (χ0n) is 20.1. The number of dihydropyridines is 1. The maximum absolute atomic E-state index is 13.6. The summed E-state index contributed by atoms with van der Waals surface area (Å²) >= 11 is 3.68. The molecule has 1 heterocycles. The predicted octanol–water partition coefficient (Wildman–Crippen LogP) is 5.78. The number of esters is 1. The van der Waals surface area contributed by atoms with Crippen LogP contribution in [0.15, 0.2) is 88.0 Å². The molecule has 0 unspecified atom stereocenters. The third kappa shape index (κ3) is 3.99. The van der Waals surface area contributed by atoms with Crippen LogP contribution in [0.3, 0.4) is 0 Å². The van der Waals surface area contributed by atoms with E-state index >= 15 is 0 Å². The highest BCUT2D eigenvalue weighted by molar-refractivity contribution is 9.10. The smallest absolute Gasteiger partial charge is 0.336 e. The van der Waals surface area contributed by atoms with Crippen LogP contribution in [0.25, 0.3) is 5.70 Å². The van der Waals surface area contributed by atoms with Crippen LogP contribution in [0.5, 0.6) is 11.5 Å². The lowest BCUT2D eigenvalue weighted by molar-refractivity contribution is -0.136. The molecular formula is C29H24BrNO5. The van der Waals surface area contributed by atoms with Crippen LogP contribution in [0, 0.1) is 0 Å². The Hall–Kier alpha value is -3.84. The Labute approximate surface area is 217 Å². The summed E-state index contributed by atoms with van der Waals surface area (Å²) in [6.07, 6.45) is 0. The zero-order valence-corrected chi connectivity index (χ0v) is 21.6. The van der Waals surface area contributed by atoms with Crippen LogP contribution in [-0.4, -0.2) is 26.0 Å². The molecule has 0 bridgehead atoms. The van der Waals surface area contributed by atoms with Crippen molar-refractivity contribution in [1.29, 1.82) is 0 Å². The van der Waals surface area contributed by atoms with Crippen LogP contribution in [0.2, 0.25) is 0 Å². The molecule has 3 aromatic carbocycles. The van der Waals surface area contributed by atoms with Gasteiger partial charge in [0.15, 0.2) is 17.3 Å². The number of rotatable bonds is 6. The number of ketones is 1. The van der Waals surface area contributed by atoms with E-state index in [2.05, 4.69) is 21.2 Å². The first-order chi connectivity index (χ1) is 17.4. The van der Waals surface area contributed by atoms with Gasteiger partial charge in [-0.25, -0.2) is 4.79 Å². The van der Waals surface area contributed by atoms with Gasteiger partial charge in [0.25, 0.3) is 0 Å². The Morgan fingerprint density at radius 3 is 2.36 bits per heavy atom. The Balaban J connectivity index is 1.62. The van der Waals surface area contributed by atoms with Crippen molar-refractivity contribution in [2.75, 3.05) is 14.2 Å². The number of methoxy groups -OCH3 is 2. The number of ether oxygens (including phenoxy) is 3. The summed E-state index contributed by atoms with van der Waals surface area (Å²) in [4.78, 5) is 26.6. The van der Waals surface area contributed by atoms with Gasteiger partial charge in [-0.15, -0.1) is 0 Å². The number of carbonyl (C=O) groups is 2. The third-order valence-electron chi connectivity index (χ3n) is 6.49. The van der Waals surface area contributed by atoms with E-state index in [1.165, 1.54) is 7.11 Å². The molecule has 1 atom stereocenters. The number of hydrogen-bond donors (Lipinski definition) is 1. The number of Topliss-reactive ketones (excluding diaryl/α,β-unsaturated/α-hetero) is 1. The van der Waals surface area contributed by atoms with Crippen molar-refractivity contribution >= 4 is 33.4 Å². The Morgan fingerprint density at radius 2 is 1.67 bits per heavy atom. The molecule has 6 nitrogen and oxygen atoms in total. The number of hydrogen-bond acceptors (Lipinski definition) is 6. The van der Waals surface area contributed by atoms with Crippen molar-refractivity contribution in [3.8, 4) is 11.5 Å². The molecular weight excluding hydrogens is 522 g/mol. The van der Waals surface area contributed by atoms with Gasteiger partial charge in [-0.1, -0.05) is 70.5 Å². The molecule has 0 radical (unpaired) electrons. The first-order valence-electron chi connectivity index (χ1n) is 11.4. The van der Waals surface area contributed by atoms with Crippen molar-refractivity contribution in [3.05, 3.63) is 110 Å². The number of allylic oxidation sites excluding steroid dienone is 2. The van der Waals surface area contributed by atoms with E-state index in [1.54, 1.807) is 13.2 Å². The molecule has 5 rings (SSSR count). The Bertz CT molecular complexity index is 1440. The molecule has 0 spiro atoms. The maximum atomic E-state index is 13.6. The second-order valence-corrected chi connectivity index (χ2v) is 9.40. The second kappa shape index (κ2) is 9.66. The second-order valence-electron chi connectivity index (χ2n) is 8.55. The van der Waals surface area contributed by atoms with Gasteiger partial charge in [-0.2, -0.15) is 0 Å². The predicted molar refractivity (Wildman–Crippen MR) is 140 cm³/mol. The highest BCUT2D eigenvalue weighted by Gasteiger charge is 2.43. The van der Waals surface area contributed by atoms with E-state index in [1.807, 2.05) is 67.6 Å². The Morgan fingerprint density at radius 1 is 0.972 bits per heavy atom. The monoisotopic (exact) mass is 545 g/mol. The lowest BCUT2D eigenvalue weighted by atomic mass is 9.79. The fourth-order valence-corrected chi connectivity index (χ4v) is 5.35. The topological polar surface area (TPSA) is 73.9 Å². The number of halogens is 1. The molecule has 0 saturated heterocycles. The van der Waals surface area contributed by atoms with E-state index in [0.29, 0.717) is 56.2 Å². The first-order valence-corrected chi connectivity index (χ1v) is 12.2. The van der Waals surface area contributed by atoms with Gasteiger partial charge in [0.2, 0.25) is 0 Å². The number of carbonyl (C=O) groups excluding carboxylic acids is 2. The normalized spacial score (nSPS) is 16.3. The van der Waals surface area contributed by atoms with Crippen LogP contribution in [0.4, 0.5) is 0 Å². The highest BCUT2D eigenvalue weighted by atomic mass is 79.9. The third-order valence-corrected chi connectivity index (χ3v) is 7.17. The lowest BCUT2D eigenvalue weighted by Crippen LogP contribution is -2.29. The van der Waals surface area contributed by atoms with Crippen LogP contribution in [0.1, 0.15) is 39.9 Å². The number of nitrogens with one attached hydrogen (secondary N) is 1. The molecule has 0 amide bonds. The van der Waals surface area contributed by atoms with Crippen molar-refractivity contribution in [1.82, 2.24) is 5.32 Å². The van der Waals surface area contributed by atoms with Crippen LogP contribution < -0.4 is 14.8 Å². The van der Waals surface area contributed by atoms with E-state index in [9.17, 15) is 9.59 Å². The zero-order chi connectivity index (χ0) is 25.4. The summed E-state index contributed by atoms with van der Waals surface area (Å²) < 4.78 is 17.6. The first kappa shape index (κ1) is 23.9. The molecule has 0 fully saturated rings. The molecule has 3 aromatic rings. The van der Waals surface area contributed by atoms with E-state index in [0.717, 1.165) is 11.1 Å². The van der Waals surface area contributed by atoms with Gasteiger partial charge in [0.05, 0.1) is 31.4 Å². The summed E-state index contributed by atoms with van der Waals surface area (Å²) in [5, 5.41) is 3.29. The van der Waals surface area contributed by atoms with Gasteiger partial charge >= 0.3 is 5.97 Å². The van der Waals surface area contributed by atoms with Crippen molar-refractivity contribution in [3.63, 3.8) is 0 Å². The molecule has 1 aliphatic heterocycles. The summed E-state index contributed by atoms with van der Waals surface area (Å²) in [5.74, 6) is -0.256. The molecule has 2 aliphatic rings. The Kier molecular flexibility index (Phi) is 6.41. The molecule has 1 N–H and O–H groups in total. The van der Waals surface area contributed by atoms with Gasteiger partial charge < -0.3 is 19.5 Å². The summed E-state index contributed by atoms with van der Waals surface area (Å²) in [5.41, 5.74) is 5.36. The van der Waals surface area contributed by atoms with E-state index in [4.69, 9.17) is 14.2 Å². The average molecular weight is 546 g/mol. The number of fused-ring (bicyclic) bond motifs is 2. The van der Waals surface area contributed by atoms with Crippen LogP contribution >= 0.6 is 15.9 Å². The quantitative estimate of drug-likeness (QED) is 0.396. The van der Waals surface area contributed by atoms with Crippen molar-refractivity contribution < 1.29 is 23.8 Å². The summed E-state index contributed by atoms with van der Waals surface area (Å²) in [6, 6.07) is 20.9. The van der Waals surface area contributed by atoms with Gasteiger partial charge in [-0.05, 0) is 30.2 Å². The number of benzene rings is 3. The van der Waals surface area contributed by atoms with Gasteiger partial charge in [-0.3, -0.25) is 4.79 Å². The fraction of sp³-hybridized carbons (Fsp3) is 0.172.